The van der Waals surface area contributed by atoms with Gasteiger partial charge in [0, 0.05) is 42.6 Å². The van der Waals surface area contributed by atoms with Gasteiger partial charge < -0.3 is 5.32 Å². The van der Waals surface area contributed by atoms with Crippen LogP contribution in [-0.4, -0.2) is 25.8 Å². The second-order valence-electron chi connectivity index (χ2n) is 5.04. The third kappa shape index (κ3) is 3.92. The summed E-state index contributed by atoms with van der Waals surface area (Å²) in [7, 11) is 1.87. The third-order valence-electron chi connectivity index (χ3n) is 3.12. The van der Waals surface area contributed by atoms with E-state index in [-0.39, 0.29) is 6.03 Å². The summed E-state index contributed by atoms with van der Waals surface area (Å²) in [5.41, 5.74) is 2.73. The van der Waals surface area contributed by atoms with Gasteiger partial charge in [0.2, 0.25) is 0 Å². The maximum Gasteiger partial charge on any atom is 0.321 e. The van der Waals surface area contributed by atoms with Crippen molar-refractivity contribution in [1.29, 1.82) is 0 Å². The first-order valence-corrected chi connectivity index (χ1v) is 7.83. The Labute approximate surface area is 137 Å². The zero-order chi connectivity index (χ0) is 16.2. The number of pyridine rings is 1. The number of amides is 2. The number of aromatic nitrogens is 4. The maximum atomic E-state index is 11.8. The molecule has 3 heterocycles. The van der Waals surface area contributed by atoms with E-state index in [4.69, 9.17) is 0 Å². The number of hydrogen-bond donors (Lipinski definition) is 2. The molecule has 2 amide bonds. The molecule has 0 bridgehead atoms. The van der Waals surface area contributed by atoms with Crippen LogP contribution in [0.1, 0.15) is 10.4 Å². The fourth-order valence-corrected chi connectivity index (χ4v) is 2.65. The number of thiazole rings is 1. The number of nitrogens with zero attached hydrogens (tertiary/aromatic N) is 4. The van der Waals surface area contributed by atoms with Crippen LogP contribution in [0.3, 0.4) is 0 Å². The number of rotatable bonds is 4. The first kappa shape index (κ1) is 15.2. The third-order valence-corrected chi connectivity index (χ3v) is 3.95. The lowest BCUT2D eigenvalue weighted by molar-refractivity contribution is 0.251. The Morgan fingerprint density at radius 2 is 2.13 bits per heavy atom. The van der Waals surface area contributed by atoms with E-state index in [1.165, 1.54) is 11.3 Å². The predicted octanol–water partition coefficient (Wildman–Crippen LogP) is 2.57. The lowest BCUT2D eigenvalue weighted by Gasteiger charge is -2.06. The summed E-state index contributed by atoms with van der Waals surface area (Å²) in [4.78, 5) is 21.3. The van der Waals surface area contributed by atoms with Crippen molar-refractivity contribution in [3.8, 4) is 11.3 Å². The van der Waals surface area contributed by atoms with E-state index in [0.717, 1.165) is 21.7 Å². The minimum absolute atomic E-state index is 0.282. The van der Waals surface area contributed by atoms with Gasteiger partial charge in [-0.2, -0.15) is 5.10 Å². The highest BCUT2D eigenvalue weighted by Gasteiger charge is 2.06. The molecule has 7 nitrogen and oxygen atoms in total. The molecule has 3 aromatic heterocycles. The Morgan fingerprint density at radius 1 is 1.26 bits per heavy atom. The standard InChI is InChI=1S/C15H16N6OS/c1-10-5-18-15(23-10)20-14(22)17-7-11-3-4-13(16-6-11)12-8-19-21(2)9-12/h3-6,8-9H,7H2,1-2H3,(H2,17,18,20,22). The number of nitrogens with one attached hydrogen (secondary N) is 2. The highest BCUT2D eigenvalue weighted by Crippen LogP contribution is 2.17. The molecular weight excluding hydrogens is 312 g/mol. The van der Waals surface area contributed by atoms with Gasteiger partial charge in [-0.1, -0.05) is 6.07 Å². The first-order chi connectivity index (χ1) is 11.1. The topological polar surface area (TPSA) is 84.7 Å². The van der Waals surface area contributed by atoms with E-state index in [2.05, 4.69) is 25.7 Å². The molecule has 8 heteroatoms. The van der Waals surface area contributed by atoms with Gasteiger partial charge in [0.15, 0.2) is 5.13 Å². The summed E-state index contributed by atoms with van der Waals surface area (Å²) < 4.78 is 1.73. The summed E-state index contributed by atoms with van der Waals surface area (Å²) >= 11 is 1.44. The van der Waals surface area contributed by atoms with Crippen LogP contribution >= 0.6 is 11.3 Å². The van der Waals surface area contributed by atoms with Gasteiger partial charge in [-0.25, -0.2) is 9.78 Å². The minimum atomic E-state index is -0.282. The van der Waals surface area contributed by atoms with Crippen molar-refractivity contribution in [1.82, 2.24) is 25.1 Å². The van der Waals surface area contributed by atoms with E-state index in [9.17, 15) is 4.79 Å². The molecule has 0 saturated carbocycles. The van der Waals surface area contributed by atoms with Crippen molar-refractivity contribution in [2.75, 3.05) is 5.32 Å². The normalized spacial score (nSPS) is 10.5. The van der Waals surface area contributed by atoms with Crippen LogP contribution in [0, 0.1) is 6.92 Å². The van der Waals surface area contributed by atoms with E-state index < -0.39 is 0 Å². The van der Waals surface area contributed by atoms with Gasteiger partial charge in [0.1, 0.15) is 0 Å². The van der Waals surface area contributed by atoms with Gasteiger partial charge in [0.05, 0.1) is 11.9 Å². The molecule has 0 fully saturated rings. The van der Waals surface area contributed by atoms with Crippen LogP contribution in [0.25, 0.3) is 11.3 Å². The maximum absolute atomic E-state index is 11.8. The smallest absolute Gasteiger partial charge is 0.321 e. The molecule has 0 radical (unpaired) electrons. The van der Waals surface area contributed by atoms with Gasteiger partial charge in [-0.15, -0.1) is 11.3 Å². The van der Waals surface area contributed by atoms with Gasteiger partial charge in [0.25, 0.3) is 0 Å². The van der Waals surface area contributed by atoms with Crippen molar-refractivity contribution >= 4 is 22.5 Å². The number of carbonyl (C=O) groups excluding carboxylic acids is 1. The Kier molecular flexibility index (Phi) is 4.33. The average molecular weight is 328 g/mol. The summed E-state index contributed by atoms with van der Waals surface area (Å²) in [6.45, 7) is 2.34. The van der Waals surface area contributed by atoms with E-state index >= 15 is 0 Å². The molecule has 0 atom stereocenters. The largest absolute Gasteiger partial charge is 0.334 e. The highest BCUT2D eigenvalue weighted by atomic mass is 32.1. The number of hydrogen-bond acceptors (Lipinski definition) is 5. The predicted molar refractivity (Wildman–Crippen MR) is 89.1 cm³/mol. The van der Waals surface area contributed by atoms with Crippen LogP contribution in [0.15, 0.2) is 36.9 Å². The Morgan fingerprint density at radius 3 is 2.74 bits per heavy atom. The number of carbonyl (C=O) groups is 1. The van der Waals surface area contributed by atoms with Crippen LogP contribution in [0.5, 0.6) is 0 Å². The zero-order valence-electron chi connectivity index (χ0n) is 12.8. The van der Waals surface area contributed by atoms with Crippen molar-refractivity contribution in [3.63, 3.8) is 0 Å². The molecule has 3 rings (SSSR count). The molecule has 23 heavy (non-hydrogen) atoms. The van der Waals surface area contributed by atoms with Gasteiger partial charge >= 0.3 is 6.03 Å². The van der Waals surface area contributed by atoms with E-state index in [1.807, 2.05) is 32.3 Å². The molecule has 0 aliphatic heterocycles. The molecule has 3 aromatic rings. The number of aryl methyl sites for hydroxylation is 2. The molecule has 0 unspecified atom stereocenters. The Hall–Kier alpha value is -2.74. The van der Waals surface area contributed by atoms with Gasteiger partial charge in [-0.05, 0) is 18.6 Å². The van der Waals surface area contributed by atoms with Crippen LogP contribution in [0.2, 0.25) is 0 Å². The van der Waals surface area contributed by atoms with Crippen molar-refractivity contribution < 1.29 is 4.79 Å². The lowest BCUT2D eigenvalue weighted by Crippen LogP contribution is -2.28. The second kappa shape index (κ2) is 6.57. The van der Waals surface area contributed by atoms with Crippen LogP contribution in [0.4, 0.5) is 9.93 Å². The van der Waals surface area contributed by atoms with E-state index in [0.29, 0.717) is 11.7 Å². The van der Waals surface area contributed by atoms with Crippen molar-refractivity contribution in [2.45, 2.75) is 13.5 Å². The molecule has 0 aliphatic rings. The van der Waals surface area contributed by atoms with Crippen molar-refractivity contribution in [2.24, 2.45) is 7.05 Å². The molecule has 0 spiro atoms. The molecular formula is C15H16N6OS. The number of urea groups is 1. The SMILES string of the molecule is Cc1cnc(NC(=O)NCc2ccc(-c3cnn(C)c3)nc2)s1. The van der Waals surface area contributed by atoms with Crippen LogP contribution < -0.4 is 10.6 Å². The first-order valence-electron chi connectivity index (χ1n) is 7.01. The summed E-state index contributed by atoms with van der Waals surface area (Å²) in [6, 6.07) is 3.56. The second-order valence-corrected chi connectivity index (χ2v) is 6.27. The fraction of sp³-hybridized carbons (Fsp3) is 0.200. The zero-order valence-corrected chi connectivity index (χ0v) is 13.6. The summed E-state index contributed by atoms with van der Waals surface area (Å²) in [5.74, 6) is 0. The monoisotopic (exact) mass is 328 g/mol. The Bertz CT molecular complexity index is 807. The molecule has 2 N–H and O–H groups in total. The van der Waals surface area contributed by atoms with Gasteiger partial charge in [-0.3, -0.25) is 15.0 Å². The molecule has 0 saturated heterocycles. The highest BCUT2D eigenvalue weighted by molar-refractivity contribution is 7.15. The quantitative estimate of drug-likeness (QED) is 0.771. The minimum Gasteiger partial charge on any atom is -0.334 e. The number of anilines is 1. The van der Waals surface area contributed by atoms with E-state index in [1.54, 1.807) is 23.3 Å². The fourth-order valence-electron chi connectivity index (χ4n) is 1.99. The average Bonchev–Trinajstić information content (AvgIpc) is 3.14. The summed E-state index contributed by atoms with van der Waals surface area (Å²) in [6.07, 6.45) is 7.14. The molecule has 0 aliphatic carbocycles. The molecule has 118 valence electrons. The van der Waals surface area contributed by atoms with Crippen LogP contribution in [-0.2, 0) is 13.6 Å². The Balaban J connectivity index is 1.55. The lowest BCUT2D eigenvalue weighted by atomic mass is 10.2. The summed E-state index contributed by atoms with van der Waals surface area (Å²) in [5, 5.41) is 10.2. The molecule has 0 aromatic carbocycles. The van der Waals surface area contributed by atoms with Crippen molar-refractivity contribution in [3.05, 3.63) is 47.4 Å².